The van der Waals surface area contributed by atoms with E-state index in [9.17, 15) is 0 Å². The molecule has 0 spiro atoms. The number of hydrogen-bond donors (Lipinski definition) is 0. The zero-order valence-corrected chi connectivity index (χ0v) is 27.9. The quantitative estimate of drug-likeness (QED) is 0.358. The van der Waals surface area contributed by atoms with Crippen LogP contribution in [-0.4, -0.2) is 162 Å². The standard InChI is InChI=1S/C33H59N3O8/c1-33(2,3)30-5-6-31(32(29-30)44-28-23-37-4)36-13-21-38-15-7-34-9-17-40-24-26-42-19-11-35(8-16-39-22-14-36)12-20-43-27-25-41-18-10-34/h5-6,29H,7-28H2,1-4H3. The molecule has 3 aliphatic heterocycles. The Morgan fingerprint density at radius 3 is 1.39 bits per heavy atom. The Labute approximate surface area is 265 Å². The molecule has 0 saturated carbocycles. The zero-order chi connectivity index (χ0) is 31.3. The molecule has 11 nitrogen and oxygen atoms in total. The van der Waals surface area contributed by atoms with Crippen molar-refractivity contribution in [1.82, 2.24) is 9.80 Å². The summed E-state index contributed by atoms with van der Waals surface area (Å²) < 4.78 is 47.4. The Balaban J connectivity index is 1.74. The summed E-state index contributed by atoms with van der Waals surface area (Å²) in [5.41, 5.74) is 2.29. The third-order valence-electron chi connectivity index (χ3n) is 7.78. The van der Waals surface area contributed by atoms with Crippen molar-refractivity contribution in [3.8, 4) is 5.75 Å². The van der Waals surface area contributed by atoms with Gasteiger partial charge in [-0.3, -0.25) is 9.80 Å². The van der Waals surface area contributed by atoms with Crippen LogP contribution in [0.15, 0.2) is 18.2 Å². The Hall–Kier alpha value is -1.54. The third-order valence-corrected chi connectivity index (χ3v) is 7.78. The van der Waals surface area contributed by atoms with Crippen LogP contribution >= 0.6 is 0 Å². The van der Waals surface area contributed by atoms with Crippen molar-refractivity contribution in [2.24, 2.45) is 0 Å². The number of hydrogen-bond acceptors (Lipinski definition) is 11. The molecule has 2 bridgehead atoms. The Kier molecular flexibility index (Phi) is 18.5. The second-order valence-corrected chi connectivity index (χ2v) is 12.1. The summed E-state index contributed by atoms with van der Waals surface area (Å²) in [6, 6.07) is 6.55. The van der Waals surface area contributed by atoms with Crippen molar-refractivity contribution in [2.45, 2.75) is 26.2 Å². The highest BCUT2D eigenvalue weighted by Gasteiger charge is 2.19. The van der Waals surface area contributed by atoms with Gasteiger partial charge in [0, 0.05) is 59.5 Å². The lowest BCUT2D eigenvalue weighted by atomic mass is 9.87. The van der Waals surface area contributed by atoms with Gasteiger partial charge in [-0.15, -0.1) is 0 Å². The number of methoxy groups -OCH3 is 1. The monoisotopic (exact) mass is 625 g/mol. The van der Waals surface area contributed by atoms with Crippen molar-refractivity contribution in [3.63, 3.8) is 0 Å². The molecule has 0 aromatic heterocycles. The van der Waals surface area contributed by atoms with E-state index in [2.05, 4.69) is 53.7 Å². The van der Waals surface area contributed by atoms with Crippen molar-refractivity contribution < 1.29 is 37.9 Å². The van der Waals surface area contributed by atoms with E-state index >= 15 is 0 Å². The number of rotatable bonds is 5. The molecule has 0 amide bonds. The highest BCUT2D eigenvalue weighted by atomic mass is 16.5. The van der Waals surface area contributed by atoms with E-state index in [0.29, 0.717) is 92.5 Å². The minimum atomic E-state index is 0.0117. The molecule has 11 heteroatoms. The lowest BCUT2D eigenvalue weighted by molar-refractivity contribution is 0.00172. The van der Waals surface area contributed by atoms with E-state index in [1.165, 1.54) is 5.56 Å². The first-order valence-corrected chi connectivity index (χ1v) is 16.4. The van der Waals surface area contributed by atoms with Crippen molar-refractivity contribution >= 4 is 5.69 Å². The maximum absolute atomic E-state index is 6.26. The summed E-state index contributed by atoms with van der Waals surface area (Å²) in [5.74, 6) is 0.864. The molecule has 3 aliphatic rings. The smallest absolute Gasteiger partial charge is 0.143 e. The van der Waals surface area contributed by atoms with Gasteiger partial charge in [-0.2, -0.15) is 0 Å². The molecular weight excluding hydrogens is 566 g/mol. The van der Waals surface area contributed by atoms with Crippen LogP contribution in [0.25, 0.3) is 0 Å². The van der Waals surface area contributed by atoms with Crippen LogP contribution in [0.4, 0.5) is 5.69 Å². The molecule has 0 aliphatic carbocycles. The fraction of sp³-hybridized carbons (Fsp3) is 0.818. The van der Waals surface area contributed by atoms with Gasteiger partial charge in [-0.1, -0.05) is 26.8 Å². The first-order chi connectivity index (χ1) is 21.5. The minimum Gasteiger partial charge on any atom is -0.489 e. The molecule has 0 radical (unpaired) electrons. The van der Waals surface area contributed by atoms with E-state index in [-0.39, 0.29) is 5.41 Å². The highest BCUT2D eigenvalue weighted by Crippen LogP contribution is 2.34. The van der Waals surface area contributed by atoms with Gasteiger partial charge in [0.05, 0.1) is 91.6 Å². The van der Waals surface area contributed by atoms with E-state index in [1.54, 1.807) is 7.11 Å². The van der Waals surface area contributed by atoms with E-state index in [1.807, 2.05) is 0 Å². The molecule has 4 rings (SSSR count). The van der Waals surface area contributed by atoms with Crippen LogP contribution in [0.3, 0.4) is 0 Å². The normalized spacial score (nSPS) is 24.0. The Morgan fingerprint density at radius 2 is 0.977 bits per heavy atom. The molecule has 1 aromatic rings. The van der Waals surface area contributed by atoms with Gasteiger partial charge in [0.25, 0.3) is 0 Å². The fourth-order valence-electron chi connectivity index (χ4n) is 4.98. The predicted molar refractivity (Wildman–Crippen MR) is 173 cm³/mol. The molecule has 0 unspecified atom stereocenters. The Bertz CT molecular complexity index is 818. The fourth-order valence-corrected chi connectivity index (χ4v) is 4.98. The van der Waals surface area contributed by atoms with Crippen molar-refractivity contribution in [1.29, 1.82) is 0 Å². The van der Waals surface area contributed by atoms with E-state index in [4.69, 9.17) is 37.9 Å². The van der Waals surface area contributed by atoms with Gasteiger partial charge in [0.1, 0.15) is 12.4 Å². The second kappa shape index (κ2) is 22.1. The summed E-state index contributed by atoms with van der Waals surface area (Å²) in [7, 11) is 1.69. The summed E-state index contributed by atoms with van der Waals surface area (Å²) >= 11 is 0. The third kappa shape index (κ3) is 15.2. The van der Waals surface area contributed by atoms with Crippen LogP contribution in [0.1, 0.15) is 26.3 Å². The summed E-state index contributed by atoms with van der Waals surface area (Å²) in [4.78, 5) is 6.99. The highest BCUT2D eigenvalue weighted by molar-refractivity contribution is 5.60. The molecule has 1 aromatic carbocycles. The largest absolute Gasteiger partial charge is 0.489 e. The van der Waals surface area contributed by atoms with Crippen LogP contribution < -0.4 is 9.64 Å². The maximum Gasteiger partial charge on any atom is 0.143 e. The van der Waals surface area contributed by atoms with Gasteiger partial charge in [-0.25, -0.2) is 0 Å². The van der Waals surface area contributed by atoms with Crippen LogP contribution in [0, 0.1) is 0 Å². The van der Waals surface area contributed by atoms with Gasteiger partial charge < -0.3 is 42.8 Å². The summed E-state index contributed by atoms with van der Waals surface area (Å²) in [6.07, 6.45) is 0. The molecule has 254 valence electrons. The molecule has 3 fully saturated rings. The molecule has 0 atom stereocenters. The molecular formula is C33H59N3O8. The average Bonchev–Trinajstić information content (AvgIpc) is 3.00. The molecule has 0 N–H and O–H groups in total. The predicted octanol–water partition coefficient (Wildman–Crippen LogP) is 2.55. The molecule has 3 saturated heterocycles. The van der Waals surface area contributed by atoms with Crippen LogP contribution in [-0.2, 0) is 38.6 Å². The average molecular weight is 626 g/mol. The summed E-state index contributed by atoms with van der Waals surface area (Å²) in [5, 5.41) is 0. The SMILES string of the molecule is COCCOc1cc(C(C)(C)C)ccc1N1CCOCCN2CCOCCOCCN(CCOCCOCC2)CCOCC1. The number of nitrogens with zero attached hydrogens (tertiary/aromatic N) is 3. The topological polar surface area (TPSA) is 83.6 Å². The molecule has 3 heterocycles. The van der Waals surface area contributed by atoms with E-state index in [0.717, 1.165) is 63.8 Å². The zero-order valence-electron chi connectivity index (χ0n) is 27.9. The van der Waals surface area contributed by atoms with E-state index < -0.39 is 0 Å². The number of benzene rings is 1. The second-order valence-electron chi connectivity index (χ2n) is 12.1. The van der Waals surface area contributed by atoms with Crippen molar-refractivity contribution in [2.75, 3.05) is 157 Å². The minimum absolute atomic E-state index is 0.0117. The Morgan fingerprint density at radius 1 is 0.568 bits per heavy atom. The number of ether oxygens (including phenoxy) is 8. The summed E-state index contributed by atoms with van der Waals surface area (Å²) in [6.45, 7) is 21.5. The lowest BCUT2D eigenvalue weighted by Crippen LogP contribution is -2.35. The van der Waals surface area contributed by atoms with Crippen LogP contribution in [0.2, 0.25) is 0 Å². The van der Waals surface area contributed by atoms with Crippen LogP contribution in [0.5, 0.6) is 5.75 Å². The maximum atomic E-state index is 6.26. The van der Waals surface area contributed by atoms with Gasteiger partial charge in [0.2, 0.25) is 0 Å². The van der Waals surface area contributed by atoms with Gasteiger partial charge in [0.15, 0.2) is 0 Å². The first kappa shape index (κ1) is 36.9. The first-order valence-electron chi connectivity index (χ1n) is 16.4. The lowest BCUT2D eigenvalue weighted by Gasteiger charge is -2.29. The molecule has 44 heavy (non-hydrogen) atoms. The number of fused-ring (bicyclic) bond motifs is 24. The van der Waals surface area contributed by atoms with Gasteiger partial charge >= 0.3 is 0 Å². The van der Waals surface area contributed by atoms with Crippen molar-refractivity contribution in [3.05, 3.63) is 23.8 Å². The van der Waals surface area contributed by atoms with Gasteiger partial charge in [-0.05, 0) is 23.1 Å². The number of anilines is 1.